The lowest BCUT2D eigenvalue weighted by Gasteiger charge is -2.19. The minimum atomic E-state index is -1.22. The topological polar surface area (TPSA) is 55.2 Å². The van der Waals surface area contributed by atoms with E-state index in [0.717, 1.165) is 22.5 Å². The molecular weight excluding hydrogens is 454 g/mol. The first-order chi connectivity index (χ1) is 16.0. The Bertz CT molecular complexity index is 1290. The summed E-state index contributed by atoms with van der Waals surface area (Å²) in [6.45, 7) is 2.19. The summed E-state index contributed by atoms with van der Waals surface area (Å²) < 4.78 is 14.3. The molecule has 0 unspecified atom stereocenters. The Morgan fingerprint density at radius 1 is 1.00 bits per heavy atom. The summed E-state index contributed by atoms with van der Waals surface area (Å²) in [5, 5.41) is 5.46. The molecule has 1 heterocycles. The first-order valence-electron chi connectivity index (χ1n) is 10.6. The molecule has 0 aliphatic rings. The van der Waals surface area contributed by atoms with Crippen molar-refractivity contribution in [1.29, 1.82) is 0 Å². The van der Waals surface area contributed by atoms with Gasteiger partial charge in [-0.15, -0.1) is 0 Å². The maximum absolute atomic E-state index is 13.3. The Balaban J connectivity index is 1.70. The van der Waals surface area contributed by atoms with E-state index in [4.69, 9.17) is 16.7 Å². The molecule has 7 heteroatoms. The van der Waals surface area contributed by atoms with Gasteiger partial charge in [0.2, 0.25) is 0 Å². The highest BCUT2D eigenvalue weighted by molar-refractivity contribution is 7.85. The van der Waals surface area contributed by atoms with Crippen LogP contribution >= 0.6 is 11.6 Å². The summed E-state index contributed by atoms with van der Waals surface area (Å²) in [6, 6.07) is 24.4. The molecule has 0 saturated carbocycles. The Morgan fingerprint density at radius 3 is 2.36 bits per heavy atom. The summed E-state index contributed by atoms with van der Waals surface area (Å²) in [6.07, 6.45) is 1.94. The lowest BCUT2D eigenvalue weighted by Crippen LogP contribution is -2.27. The third-order valence-electron chi connectivity index (χ3n) is 5.31. The van der Waals surface area contributed by atoms with Crippen LogP contribution in [0.1, 0.15) is 22.8 Å². The lowest BCUT2D eigenvalue weighted by atomic mass is 10.1. The van der Waals surface area contributed by atoms with E-state index in [9.17, 15) is 9.00 Å². The smallest absolute Gasteiger partial charge is 0.255 e. The van der Waals surface area contributed by atoms with Crippen LogP contribution in [0.25, 0.3) is 16.9 Å². The predicted octanol–water partition coefficient (Wildman–Crippen LogP) is 5.59. The molecule has 33 heavy (non-hydrogen) atoms. The summed E-state index contributed by atoms with van der Waals surface area (Å²) >= 11 is 6.08. The van der Waals surface area contributed by atoms with E-state index in [0.29, 0.717) is 27.8 Å². The van der Waals surface area contributed by atoms with Gasteiger partial charge in [-0.2, -0.15) is 5.10 Å². The Labute approximate surface area is 201 Å². The Hall–Kier alpha value is -3.22. The fourth-order valence-electron chi connectivity index (χ4n) is 3.62. The van der Waals surface area contributed by atoms with Crippen LogP contribution < -0.4 is 0 Å². The van der Waals surface area contributed by atoms with Crippen molar-refractivity contribution in [2.24, 2.45) is 0 Å². The van der Waals surface area contributed by atoms with Crippen molar-refractivity contribution in [2.75, 3.05) is 12.8 Å². The molecule has 3 aromatic carbocycles. The molecule has 0 aliphatic heterocycles. The van der Waals surface area contributed by atoms with E-state index in [1.54, 1.807) is 30.1 Å². The van der Waals surface area contributed by atoms with Crippen LogP contribution in [0.4, 0.5) is 0 Å². The van der Waals surface area contributed by atoms with Crippen molar-refractivity contribution in [2.45, 2.75) is 18.4 Å². The number of carbonyl (C=O) groups excluding carboxylic acids is 1. The number of halogens is 1. The average molecular weight is 478 g/mol. The van der Waals surface area contributed by atoms with Gasteiger partial charge in [0.15, 0.2) is 0 Å². The highest BCUT2D eigenvalue weighted by atomic mass is 35.5. The summed E-state index contributed by atoms with van der Waals surface area (Å²) in [4.78, 5) is 15.5. The molecule has 0 radical (unpaired) electrons. The number of benzene rings is 3. The molecule has 0 N–H and O–H groups in total. The van der Waals surface area contributed by atoms with Gasteiger partial charge < -0.3 is 4.90 Å². The Morgan fingerprint density at radius 2 is 1.67 bits per heavy atom. The summed E-state index contributed by atoms with van der Waals surface area (Å²) in [5.74, 6) is 0.278. The highest BCUT2D eigenvalue weighted by Gasteiger charge is 2.21. The molecule has 0 saturated heterocycles. The van der Waals surface area contributed by atoms with Crippen molar-refractivity contribution in [1.82, 2.24) is 14.7 Å². The van der Waals surface area contributed by atoms with Crippen LogP contribution in [0.5, 0.6) is 0 Å². The molecule has 1 amide bonds. The van der Waals surface area contributed by atoms with E-state index < -0.39 is 10.8 Å². The second kappa shape index (κ2) is 10.1. The molecule has 168 valence electrons. The standard InChI is InChI=1S/C26H24ClN3O2S/c1-3-33(32)24-12-8-7-11-23(24)26(31)29(2)17-20-18-30(22-9-5-4-6-10-22)28-25(20)19-13-15-21(27)16-14-19/h4-16,18H,3,17H2,1-2H3/t33-/m0/s1. The summed E-state index contributed by atoms with van der Waals surface area (Å²) in [5.41, 5.74) is 3.98. The van der Waals surface area contributed by atoms with Gasteiger partial charge in [0.25, 0.3) is 5.91 Å². The lowest BCUT2D eigenvalue weighted by molar-refractivity contribution is 0.0781. The SMILES string of the molecule is CC[S@](=O)c1ccccc1C(=O)N(C)Cc1cn(-c2ccccc2)nc1-c1ccc(Cl)cc1. The molecular formula is C26H24ClN3O2S. The van der Waals surface area contributed by atoms with Gasteiger partial charge in [-0.25, -0.2) is 4.68 Å². The fourth-order valence-corrected chi connectivity index (χ4v) is 4.69. The second-order valence-corrected chi connectivity index (χ2v) is 9.73. The van der Waals surface area contributed by atoms with Gasteiger partial charge >= 0.3 is 0 Å². The van der Waals surface area contributed by atoms with Gasteiger partial charge in [-0.05, 0) is 36.4 Å². The number of hydrogen-bond acceptors (Lipinski definition) is 3. The van der Waals surface area contributed by atoms with E-state index in [1.807, 2.05) is 78.5 Å². The molecule has 1 atom stereocenters. The molecule has 4 aromatic rings. The summed E-state index contributed by atoms with van der Waals surface area (Å²) in [7, 11) is 0.530. The third kappa shape index (κ3) is 5.07. The first-order valence-corrected chi connectivity index (χ1v) is 12.3. The zero-order valence-electron chi connectivity index (χ0n) is 18.4. The Kier molecular flexibility index (Phi) is 7.06. The van der Waals surface area contributed by atoms with Gasteiger partial charge in [0.1, 0.15) is 0 Å². The van der Waals surface area contributed by atoms with Crippen LogP contribution in [0.3, 0.4) is 0 Å². The number of nitrogens with zero attached hydrogens (tertiary/aromatic N) is 3. The third-order valence-corrected chi connectivity index (χ3v) is 6.93. The molecule has 0 fully saturated rings. The fraction of sp³-hybridized carbons (Fsp3) is 0.154. The zero-order valence-corrected chi connectivity index (χ0v) is 20.0. The second-order valence-electron chi connectivity index (χ2n) is 7.58. The van der Waals surface area contributed by atoms with Crippen molar-refractivity contribution in [3.63, 3.8) is 0 Å². The number of carbonyl (C=O) groups is 1. The molecule has 0 aliphatic carbocycles. The van der Waals surface area contributed by atoms with Gasteiger partial charge in [-0.3, -0.25) is 9.00 Å². The van der Waals surface area contributed by atoms with E-state index >= 15 is 0 Å². The van der Waals surface area contributed by atoms with E-state index in [1.165, 1.54) is 0 Å². The van der Waals surface area contributed by atoms with Gasteiger partial charge in [-0.1, -0.05) is 61.0 Å². The maximum Gasteiger partial charge on any atom is 0.255 e. The molecule has 0 bridgehead atoms. The van der Waals surface area contributed by atoms with Crippen molar-refractivity contribution in [3.8, 4) is 16.9 Å². The van der Waals surface area contributed by atoms with Crippen molar-refractivity contribution >= 4 is 28.3 Å². The molecule has 5 nitrogen and oxygen atoms in total. The largest absolute Gasteiger partial charge is 0.337 e. The van der Waals surface area contributed by atoms with Crippen LogP contribution in [-0.4, -0.2) is 37.6 Å². The van der Waals surface area contributed by atoms with Crippen molar-refractivity contribution in [3.05, 3.63) is 101 Å². The number of aromatic nitrogens is 2. The number of para-hydroxylation sites is 1. The van der Waals surface area contributed by atoms with Gasteiger partial charge in [0, 0.05) is 41.7 Å². The predicted molar refractivity (Wildman–Crippen MR) is 133 cm³/mol. The molecule has 4 rings (SSSR count). The van der Waals surface area contributed by atoms with Gasteiger partial charge in [0.05, 0.1) is 32.6 Å². The van der Waals surface area contributed by atoms with Crippen LogP contribution in [0.15, 0.2) is 90.0 Å². The van der Waals surface area contributed by atoms with Crippen LogP contribution in [0.2, 0.25) is 5.02 Å². The number of hydrogen-bond donors (Lipinski definition) is 0. The average Bonchev–Trinajstić information content (AvgIpc) is 3.27. The minimum Gasteiger partial charge on any atom is -0.337 e. The monoisotopic (exact) mass is 477 g/mol. The maximum atomic E-state index is 13.3. The molecule has 0 spiro atoms. The number of rotatable bonds is 7. The van der Waals surface area contributed by atoms with E-state index in [-0.39, 0.29) is 5.91 Å². The number of amides is 1. The van der Waals surface area contributed by atoms with Crippen LogP contribution in [-0.2, 0) is 17.3 Å². The van der Waals surface area contributed by atoms with E-state index in [2.05, 4.69) is 0 Å². The zero-order chi connectivity index (χ0) is 23.4. The normalized spacial score (nSPS) is 11.8. The molecule has 1 aromatic heterocycles. The van der Waals surface area contributed by atoms with Crippen LogP contribution in [0, 0.1) is 0 Å². The highest BCUT2D eigenvalue weighted by Crippen LogP contribution is 2.27. The minimum absolute atomic E-state index is 0.179. The van der Waals surface area contributed by atoms with Crippen molar-refractivity contribution < 1.29 is 9.00 Å². The first kappa shape index (κ1) is 23.0. The quantitative estimate of drug-likeness (QED) is 0.348.